The molecule has 0 amide bonds. The first-order valence-corrected chi connectivity index (χ1v) is 8.90. The fourth-order valence-corrected chi connectivity index (χ4v) is 3.55. The van der Waals surface area contributed by atoms with Gasteiger partial charge in [-0.15, -0.1) is 0 Å². The van der Waals surface area contributed by atoms with Crippen molar-refractivity contribution in [1.29, 1.82) is 0 Å². The van der Waals surface area contributed by atoms with Gasteiger partial charge in [-0.05, 0) is 25.5 Å². The van der Waals surface area contributed by atoms with Gasteiger partial charge in [-0.2, -0.15) is 11.8 Å². The summed E-state index contributed by atoms with van der Waals surface area (Å²) in [6.07, 6.45) is 2.30. The number of ether oxygens (including phenoxy) is 1. The lowest BCUT2D eigenvalue weighted by molar-refractivity contribution is 0.128. The first kappa shape index (κ1) is 16.4. The molecule has 6 heteroatoms. The Labute approximate surface area is 131 Å². The van der Waals surface area contributed by atoms with Crippen molar-refractivity contribution in [2.24, 2.45) is 0 Å². The molecule has 0 saturated carbocycles. The van der Waals surface area contributed by atoms with Crippen LogP contribution in [-0.4, -0.2) is 47.7 Å². The van der Waals surface area contributed by atoms with Crippen molar-refractivity contribution in [3.63, 3.8) is 0 Å². The maximum Gasteiger partial charge on any atom is 0.158 e. The van der Waals surface area contributed by atoms with Crippen LogP contribution in [0.5, 0.6) is 0 Å². The Bertz CT molecular complexity index is 411. The summed E-state index contributed by atoms with van der Waals surface area (Å²) in [6.45, 7) is 6.21. The first-order chi connectivity index (χ1) is 10.2. The lowest BCUT2D eigenvalue weighted by Gasteiger charge is -2.25. The number of rotatable bonds is 8. The van der Waals surface area contributed by atoms with Gasteiger partial charge < -0.3 is 15.0 Å². The second-order valence-corrected chi connectivity index (χ2v) is 6.37. The second-order valence-electron chi connectivity index (χ2n) is 5.22. The molecule has 1 unspecified atom stereocenters. The quantitative estimate of drug-likeness (QED) is 0.797. The van der Waals surface area contributed by atoms with E-state index < -0.39 is 0 Å². The Kier molecular flexibility index (Phi) is 6.57. The van der Waals surface area contributed by atoms with E-state index in [4.69, 9.17) is 4.74 Å². The Morgan fingerprint density at radius 1 is 1.43 bits per heavy atom. The van der Waals surface area contributed by atoms with Crippen molar-refractivity contribution >= 4 is 23.4 Å². The van der Waals surface area contributed by atoms with Gasteiger partial charge in [0.15, 0.2) is 5.82 Å². The Balaban J connectivity index is 2.16. The maximum absolute atomic E-state index is 5.46. The molecular formula is C15H26N4OS. The highest BCUT2D eigenvalue weighted by Crippen LogP contribution is 2.26. The molecule has 1 aromatic rings. The summed E-state index contributed by atoms with van der Waals surface area (Å²) in [5, 5.41) is 3.36. The molecule has 0 aliphatic carbocycles. The van der Waals surface area contributed by atoms with Gasteiger partial charge in [-0.1, -0.05) is 6.92 Å². The molecule has 0 bridgehead atoms. The van der Waals surface area contributed by atoms with E-state index in [1.807, 2.05) is 24.8 Å². The number of nitrogens with zero attached hydrogens (tertiary/aromatic N) is 3. The van der Waals surface area contributed by atoms with E-state index in [1.54, 1.807) is 0 Å². The minimum atomic E-state index is 0.471. The van der Waals surface area contributed by atoms with Crippen LogP contribution < -0.4 is 10.2 Å². The fourth-order valence-electron chi connectivity index (χ4n) is 2.28. The van der Waals surface area contributed by atoms with Crippen molar-refractivity contribution in [3.05, 3.63) is 11.9 Å². The molecule has 2 heterocycles. The minimum Gasteiger partial charge on any atom is -0.374 e. The van der Waals surface area contributed by atoms with Gasteiger partial charge in [0, 0.05) is 38.1 Å². The number of anilines is 2. The molecule has 1 saturated heterocycles. The third-order valence-corrected chi connectivity index (χ3v) is 4.71. The van der Waals surface area contributed by atoms with E-state index in [0.29, 0.717) is 19.3 Å². The van der Waals surface area contributed by atoms with Crippen LogP contribution in [0.25, 0.3) is 0 Å². The Morgan fingerprint density at radius 3 is 2.95 bits per heavy atom. The molecule has 1 fully saturated rings. The zero-order valence-corrected chi connectivity index (χ0v) is 14.1. The predicted octanol–water partition coefficient (Wildman–Crippen LogP) is 2.78. The summed E-state index contributed by atoms with van der Waals surface area (Å²) >= 11 is 2.02. The molecule has 0 spiro atoms. The molecule has 1 N–H and O–H groups in total. The van der Waals surface area contributed by atoms with E-state index >= 15 is 0 Å². The van der Waals surface area contributed by atoms with Crippen molar-refractivity contribution in [2.75, 3.05) is 41.9 Å². The molecule has 1 atom stereocenters. The molecule has 1 aromatic heterocycles. The number of aromatic nitrogens is 2. The zero-order valence-electron chi connectivity index (χ0n) is 13.3. The second kappa shape index (κ2) is 8.44. The van der Waals surface area contributed by atoms with Gasteiger partial charge in [0.05, 0.1) is 0 Å². The topological polar surface area (TPSA) is 50.3 Å². The van der Waals surface area contributed by atoms with Gasteiger partial charge in [0.25, 0.3) is 0 Å². The Morgan fingerprint density at radius 2 is 2.29 bits per heavy atom. The average molecular weight is 310 g/mol. The predicted molar refractivity (Wildman–Crippen MR) is 90.3 cm³/mol. The largest absolute Gasteiger partial charge is 0.374 e. The fraction of sp³-hybridized carbons (Fsp3) is 0.733. The summed E-state index contributed by atoms with van der Waals surface area (Å²) in [5.74, 6) is 5.07. The molecule has 1 aliphatic heterocycles. The number of hydrogen-bond donors (Lipinski definition) is 1. The minimum absolute atomic E-state index is 0.471. The van der Waals surface area contributed by atoms with Crippen LogP contribution in [0.3, 0.4) is 0 Å². The first-order valence-electron chi connectivity index (χ1n) is 7.74. The molecule has 5 nitrogen and oxygen atoms in total. The van der Waals surface area contributed by atoms with E-state index in [9.17, 15) is 0 Å². The summed E-state index contributed by atoms with van der Waals surface area (Å²) in [5.41, 5.74) is 0. The third-order valence-electron chi connectivity index (χ3n) is 3.57. The Hall–Kier alpha value is -1.01. The van der Waals surface area contributed by atoms with Crippen molar-refractivity contribution in [1.82, 2.24) is 9.97 Å². The van der Waals surface area contributed by atoms with Crippen LogP contribution in [0.1, 0.15) is 32.5 Å². The number of hydrogen-bond acceptors (Lipinski definition) is 6. The standard InChI is InChI=1S/C15H26N4OS/c1-4-7-16-13-9-15(18-14(17-13)10-20-5-2)19(3)12-6-8-21-11-12/h9,12H,4-8,10-11H2,1-3H3,(H,16,17,18). The molecule has 118 valence electrons. The summed E-state index contributed by atoms with van der Waals surface area (Å²) < 4.78 is 5.46. The van der Waals surface area contributed by atoms with Gasteiger partial charge in [-0.25, -0.2) is 9.97 Å². The highest BCUT2D eigenvalue weighted by Gasteiger charge is 2.22. The third kappa shape index (κ3) is 4.74. The molecule has 21 heavy (non-hydrogen) atoms. The average Bonchev–Trinajstić information content (AvgIpc) is 3.04. The number of nitrogens with one attached hydrogen (secondary N) is 1. The van der Waals surface area contributed by atoms with Crippen molar-refractivity contribution < 1.29 is 4.74 Å². The van der Waals surface area contributed by atoms with Crippen molar-refractivity contribution in [2.45, 2.75) is 39.3 Å². The summed E-state index contributed by atoms with van der Waals surface area (Å²) in [7, 11) is 2.13. The van der Waals surface area contributed by atoms with E-state index in [-0.39, 0.29) is 0 Å². The molecule has 2 rings (SSSR count). The van der Waals surface area contributed by atoms with E-state index in [0.717, 1.165) is 30.4 Å². The normalized spacial score (nSPS) is 18.0. The van der Waals surface area contributed by atoms with Crippen LogP contribution in [-0.2, 0) is 11.3 Å². The maximum atomic E-state index is 5.46. The number of thioether (sulfide) groups is 1. The van der Waals surface area contributed by atoms with Crippen LogP contribution in [0.2, 0.25) is 0 Å². The van der Waals surface area contributed by atoms with Gasteiger partial charge in [0.2, 0.25) is 0 Å². The summed E-state index contributed by atoms with van der Waals surface area (Å²) in [6, 6.07) is 2.62. The van der Waals surface area contributed by atoms with E-state index in [1.165, 1.54) is 17.9 Å². The lowest BCUT2D eigenvalue weighted by atomic mass is 10.2. The van der Waals surface area contributed by atoms with Crippen LogP contribution in [0.15, 0.2) is 6.07 Å². The van der Waals surface area contributed by atoms with Crippen molar-refractivity contribution in [3.8, 4) is 0 Å². The molecule has 0 radical (unpaired) electrons. The summed E-state index contributed by atoms with van der Waals surface area (Å²) in [4.78, 5) is 11.5. The highest BCUT2D eigenvalue weighted by molar-refractivity contribution is 7.99. The lowest BCUT2D eigenvalue weighted by Crippen LogP contribution is -2.32. The monoisotopic (exact) mass is 310 g/mol. The zero-order chi connectivity index (χ0) is 15.1. The molecule has 1 aliphatic rings. The van der Waals surface area contributed by atoms with E-state index in [2.05, 4.69) is 34.2 Å². The van der Waals surface area contributed by atoms with Gasteiger partial charge in [0.1, 0.15) is 18.2 Å². The van der Waals surface area contributed by atoms with Gasteiger partial charge in [-0.3, -0.25) is 0 Å². The smallest absolute Gasteiger partial charge is 0.158 e. The molecular weight excluding hydrogens is 284 g/mol. The van der Waals surface area contributed by atoms with Crippen LogP contribution >= 0.6 is 11.8 Å². The molecule has 0 aromatic carbocycles. The van der Waals surface area contributed by atoms with Crippen LogP contribution in [0, 0.1) is 0 Å². The van der Waals surface area contributed by atoms with Gasteiger partial charge >= 0.3 is 0 Å². The SMILES string of the molecule is CCCNc1cc(N(C)C2CCSC2)nc(COCC)n1. The highest BCUT2D eigenvalue weighted by atomic mass is 32.2. The van der Waals surface area contributed by atoms with Crippen LogP contribution in [0.4, 0.5) is 11.6 Å².